The molecule has 10 N–H and O–H groups in total. The van der Waals surface area contributed by atoms with Crippen LogP contribution in [-0.4, -0.2) is 104 Å². The first-order chi connectivity index (χ1) is 20.6. The lowest BCUT2D eigenvalue weighted by atomic mass is 9.83. The third kappa shape index (κ3) is 9.95. The number of hydrogen-bond acceptors (Lipinski definition) is 10. The molecule has 1 saturated heterocycles. The Labute approximate surface area is 260 Å². The van der Waals surface area contributed by atoms with E-state index in [0.29, 0.717) is 37.4 Å². The topological polar surface area (TPSA) is 258 Å². The van der Waals surface area contributed by atoms with Gasteiger partial charge in [-0.05, 0) is 43.8 Å². The van der Waals surface area contributed by atoms with Gasteiger partial charge in [-0.15, -0.1) is 0 Å². The van der Waals surface area contributed by atoms with E-state index in [1.54, 1.807) is 6.92 Å². The van der Waals surface area contributed by atoms with E-state index >= 15 is 0 Å². The van der Waals surface area contributed by atoms with Crippen molar-refractivity contribution in [3.05, 3.63) is 23.2 Å². The minimum atomic E-state index is -1.14. The van der Waals surface area contributed by atoms with Crippen LogP contribution in [0.5, 0.6) is 0 Å². The Hall–Kier alpha value is -3.63. The summed E-state index contributed by atoms with van der Waals surface area (Å²) in [5.41, 5.74) is 10.9. The average Bonchev–Trinajstić information content (AvgIpc) is 3.46. The van der Waals surface area contributed by atoms with Crippen LogP contribution in [0.1, 0.15) is 52.9 Å². The summed E-state index contributed by atoms with van der Waals surface area (Å²) >= 11 is 1.46. The van der Waals surface area contributed by atoms with E-state index in [4.69, 9.17) is 21.7 Å². The Morgan fingerprint density at radius 3 is 2.39 bits per heavy atom. The zero-order valence-electron chi connectivity index (χ0n) is 25.2. The van der Waals surface area contributed by atoms with Gasteiger partial charge in [0.1, 0.15) is 17.4 Å². The molecule has 5 atom stereocenters. The zero-order valence-corrected chi connectivity index (χ0v) is 26.0. The number of allylic oxidation sites excluding steroid dienone is 1. The summed E-state index contributed by atoms with van der Waals surface area (Å²) in [6.07, 6.45) is 5.26. The van der Waals surface area contributed by atoms with Crippen LogP contribution in [0.2, 0.25) is 0 Å². The fourth-order valence-electron chi connectivity index (χ4n) is 4.98. The smallest absolute Gasteiger partial charge is 0.354 e. The van der Waals surface area contributed by atoms with Crippen molar-refractivity contribution in [3.8, 4) is 0 Å². The minimum Gasteiger partial charge on any atom is -0.480 e. The number of fused-ring (bicyclic) bond motifs is 1. The standard InChI is InChI=1S/C16H26N2O5S.C12H18N4O4/c1-16(2)8-10(16)13(19)18-12(15(22)23)6-4-3-5-7-24-9-11(17)14(20)21;1-6(17)9-8-4-7(15-3-2-14-5-13)10(12(19)20)16(8)11(9)18/h6,10-11H,3-5,7-9,17H2,1-2H3,(H,18,19)(H,20,21)(H,22,23);5-6,8-9,15,17H,2-4H2,1H3,(H2,13,14)(H,19,20). The van der Waals surface area contributed by atoms with Gasteiger partial charge >= 0.3 is 17.9 Å². The summed E-state index contributed by atoms with van der Waals surface area (Å²) in [7, 11) is 0. The van der Waals surface area contributed by atoms with Crippen LogP contribution in [-0.2, 0) is 24.0 Å². The van der Waals surface area contributed by atoms with Gasteiger partial charge in [0.2, 0.25) is 11.8 Å². The molecule has 3 aliphatic rings. The third-order valence-corrected chi connectivity index (χ3v) is 8.81. The lowest BCUT2D eigenvalue weighted by Crippen LogP contribution is -2.61. The summed E-state index contributed by atoms with van der Waals surface area (Å²) < 4.78 is 0. The third-order valence-electron chi connectivity index (χ3n) is 7.64. The largest absolute Gasteiger partial charge is 0.480 e. The number of carbonyl (C=O) groups is 5. The second kappa shape index (κ2) is 16.4. The number of unbranched alkanes of at least 4 members (excludes halogenated alkanes) is 2. The number of nitrogens with one attached hydrogen (secondary N) is 2. The van der Waals surface area contributed by atoms with Gasteiger partial charge in [0.05, 0.1) is 30.9 Å². The van der Waals surface area contributed by atoms with E-state index in [9.17, 15) is 34.2 Å². The van der Waals surface area contributed by atoms with E-state index < -0.39 is 36.0 Å². The van der Waals surface area contributed by atoms with Crippen molar-refractivity contribution in [2.45, 2.75) is 71.1 Å². The van der Waals surface area contributed by atoms with Gasteiger partial charge in [-0.1, -0.05) is 19.9 Å². The Morgan fingerprint density at radius 1 is 1.20 bits per heavy atom. The van der Waals surface area contributed by atoms with E-state index in [0.717, 1.165) is 25.0 Å². The molecule has 2 heterocycles. The highest BCUT2D eigenvalue weighted by molar-refractivity contribution is 7.99. The summed E-state index contributed by atoms with van der Waals surface area (Å²) in [6, 6.07) is -1.12. The molecule has 16 heteroatoms. The fraction of sp³-hybridized carbons (Fsp3) is 0.643. The SMILES string of the molecule is CC(O)C1C(=O)N2C(C(=O)O)=C(NCCN=CN)CC12.CC1(C)CC1C(=O)NC(=CCCCCSCC(N)C(=O)O)C(=O)O. The van der Waals surface area contributed by atoms with Crippen molar-refractivity contribution in [2.75, 3.05) is 24.6 Å². The molecule has 5 unspecified atom stereocenters. The molecule has 246 valence electrons. The van der Waals surface area contributed by atoms with Crippen LogP contribution in [0.3, 0.4) is 0 Å². The molecule has 1 aliphatic carbocycles. The number of amides is 2. The molecule has 1 saturated carbocycles. The summed E-state index contributed by atoms with van der Waals surface area (Å²) in [5, 5.41) is 42.1. The van der Waals surface area contributed by atoms with Crippen LogP contribution in [0.4, 0.5) is 0 Å². The maximum atomic E-state index is 12.0. The Balaban J connectivity index is 0.000000311. The number of aliphatic hydroxyl groups is 1. The van der Waals surface area contributed by atoms with Crippen LogP contribution >= 0.6 is 11.8 Å². The number of aliphatic carboxylic acids is 3. The van der Waals surface area contributed by atoms with Crippen LogP contribution in [0.25, 0.3) is 0 Å². The minimum absolute atomic E-state index is 0.0198. The molecular formula is C28H44N6O9S. The summed E-state index contributed by atoms with van der Waals surface area (Å²) in [6.45, 7) is 6.37. The lowest BCUT2D eigenvalue weighted by Gasteiger charge is -2.44. The zero-order chi connectivity index (χ0) is 33.2. The fourth-order valence-corrected chi connectivity index (χ4v) is 5.95. The monoisotopic (exact) mass is 640 g/mol. The molecule has 2 amide bonds. The number of aliphatic imine (C=N–C) groups is 1. The van der Waals surface area contributed by atoms with Crippen molar-refractivity contribution < 1.29 is 44.4 Å². The molecule has 0 bridgehead atoms. The maximum absolute atomic E-state index is 12.0. The van der Waals surface area contributed by atoms with E-state index in [1.807, 2.05) is 13.8 Å². The number of carboxylic acids is 3. The molecule has 15 nitrogen and oxygen atoms in total. The lowest BCUT2D eigenvalue weighted by molar-refractivity contribution is -0.161. The van der Waals surface area contributed by atoms with E-state index in [2.05, 4.69) is 15.6 Å². The van der Waals surface area contributed by atoms with Crippen molar-refractivity contribution in [2.24, 2.45) is 33.7 Å². The summed E-state index contributed by atoms with van der Waals surface area (Å²) in [4.78, 5) is 62.0. The highest BCUT2D eigenvalue weighted by Crippen LogP contribution is 2.51. The molecule has 0 aromatic heterocycles. The van der Waals surface area contributed by atoms with Gasteiger partial charge in [0.25, 0.3) is 0 Å². The number of nitrogens with two attached hydrogens (primary N) is 2. The molecule has 0 spiro atoms. The van der Waals surface area contributed by atoms with Gasteiger partial charge in [0.15, 0.2) is 0 Å². The predicted octanol–water partition coefficient (Wildman–Crippen LogP) is -0.0967. The quantitative estimate of drug-likeness (QED) is 0.0340. The number of hydrogen-bond donors (Lipinski definition) is 8. The van der Waals surface area contributed by atoms with Gasteiger partial charge < -0.3 is 42.5 Å². The maximum Gasteiger partial charge on any atom is 0.354 e. The number of aliphatic hydroxyl groups excluding tert-OH is 1. The number of rotatable bonds is 17. The molecule has 2 fully saturated rings. The van der Waals surface area contributed by atoms with Gasteiger partial charge in [-0.3, -0.25) is 24.3 Å². The van der Waals surface area contributed by atoms with Gasteiger partial charge in [-0.2, -0.15) is 11.8 Å². The van der Waals surface area contributed by atoms with Gasteiger partial charge in [-0.25, -0.2) is 9.59 Å². The van der Waals surface area contributed by atoms with Crippen LogP contribution in [0.15, 0.2) is 28.2 Å². The van der Waals surface area contributed by atoms with Crippen molar-refractivity contribution in [1.29, 1.82) is 0 Å². The first-order valence-corrected chi connectivity index (χ1v) is 15.5. The Kier molecular flexibility index (Phi) is 13.7. The van der Waals surface area contributed by atoms with E-state index in [-0.39, 0.29) is 40.6 Å². The highest BCUT2D eigenvalue weighted by atomic mass is 32.2. The number of carbonyl (C=O) groups excluding carboxylic acids is 2. The van der Waals surface area contributed by atoms with Crippen molar-refractivity contribution >= 4 is 47.8 Å². The van der Waals surface area contributed by atoms with Crippen LogP contribution < -0.4 is 22.1 Å². The van der Waals surface area contributed by atoms with E-state index in [1.165, 1.54) is 29.1 Å². The number of nitrogens with zero attached hydrogens (tertiary/aromatic N) is 2. The van der Waals surface area contributed by atoms with Gasteiger partial charge in [0, 0.05) is 30.3 Å². The normalized spacial score (nSPS) is 23.2. The predicted molar refractivity (Wildman–Crippen MR) is 163 cm³/mol. The van der Waals surface area contributed by atoms with Crippen LogP contribution in [0, 0.1) is 17.3 Å². The number of carboxylic acid groups (broad SMARTS) is 3. The number of β-lactam (4-membered cyclic amide) rings is 1. The first-order valence-electron chi connectivity index (χ1n) is 14.4. The van der Waals surface area contributed by atoms with Crippen molar-refractivity contribution in [3.63, 3.8) is 0 Å². The molecular weight excluding hydrogens is 596 g/mol. The molecule has 2 aliphatic heterocycles. The number of thioether (sulfide) groups is 1. The molecule has 0 aromatic carbocycles. The first kappa shape index (κ1) is 36.6. The second-order valence-electron chi connectivity index (χ2n) is 11.5. The second-order valence-corrected chi connectivity index (χ2v) is 12.7. The average molecular weight is 641 g/mol. The molecule has 0 aromatic rings. The van der Waals surface area contributed by atoms with Crippen molar-refractivity contribution in [1.82, 2.24) is 15.5 Å². The summed E-state index contributed by atoms with van der Waals surface area (Å²) in [5.74, 6) is -3.37. The molecule has 0 radical (unpaired) electrons. The Morgan fingerprint density at radius 2 is 1.86 bits per heavy atom. The highest BCUT2D eigenvalue weighted by Gasteiger charge is 2.56. The molecule has 44 heavy (non-hydrogen) atoms. The molecule has 3 rings (SSSR count). The Bertz CT molecular complexity index is 1190.